The number of carbonyl (C=O) groups is 1. The first-order valence-corrected chi connectivity index (χ1v) is 11.2. The highest BCUT2D eigenvalue weighted by Gasteiger charge is 2.47. The molecule has 0 bridgehead atoms. The predicted molar refractivity (Wildman–Crippen MR) is 115 cm³/mol. The van der Waals surface area contributed by atoms with Gasteiger partial charge in [-0.3, -0.25) is 4.79 Å². The van der Waals surface area contributed by atoms with Crippen molar-refractivity contribution in [3.05, 3.63) is 58.7 Å². The molecule has 188 valence electrons. The SMILES string of the molecule is N#CC1=C(c2ccc3c(c2)OC(F)(F)O3)CC2(CCc3cc(OCCCC(F)(F)F)ccc32)NC1=O. The first-order valence-electron chi connectivity index (χ1n) is 11.2. The quantitative estimate of drug-likeness (QED) is 0.436. The summed E-state index contributed by atoms with van der Waals surface area (Å²) in [5, 5.41) is 12.6. The Morgan fingerprint density at radius 3 is 2.64 bits per heavy atom. The van der Waals surface area contributed by atoms with E-state index < -0.39 is 30.3 Å². The third-order valence-electron chi connectivity index (χ3n) is 6.51. The Labute approximate surface area is 202 Å². The van der Waals surface area contributed by atoms with E-state index in [2.05, 4.69) is 14.8 Å². The molecule has 0 fully saturated rings. The van der Waals surface area contributed by atoms with Gasteiger partial charge in [0.25, 0.3) is 5.91 Å². The molecule has 1 N–H and O–H groups in total. The van der Waals surface area contributed by atoms with Gasteiger partial charge >= 0.3 is 12.5 Å². The van der Waals surface area contributed by atoms with Gasteiger partial charge in [-0.25, -0.2) is 0 Å². The minimum absolute atomic E-state index is 0.0816. The average molecular weight is 506 g/mol. The summed E-state index contributed by atoms with van der Waals surface area (Å²) in [4.78, 5) is 13.0. The second-order valence-corrected chi connectivity index (χ2v) is 8.89. The van der Waals surface area contributed by atoms with E-state index in [-0.39, 0.29) is 36.5 Å². The van der Waals surface area contributed by atoms with Crippen molar-refractivity contribution in [3.8, 4) is 23.3 Å². The van der Waals surface area contributed by atoms with Crippen molar-refractivity contribution in [1.29, 1.82) is 5.26 Å². The number of aryl methyl sites for hydroxylation is 1. The zero-order chi connectivity index (χ0) is 25.7. The number of fused-ring (bicyclic) bond motifs is 3. The summed E-state index contributed by atoms with van der Waals surface area (Å²) >= 11 is 0. The van der Waals surface area contributed by atoms with Gasteiger partial charge in [-0.15, -0.1) is 8.78 Å². The fraction of sp³-hybridized carbons (Fsp3) is 0.360. The number of nitriles is 1. The lowest BCUT2D eigenvalue weighted by Crippen LogP contribution is -2.48. The zero-order valence-electron chi connectivity index (χ0n) is 18.7. The molecule has 2 aliphatic heterocycles. The van der Waals surface area contributed by atoms with Gasteiger partial charge in [0.15, 0.2) is 11.5 Å². The maximum Gasteiger partial charge on any atom is 0.586 e. The number of alkyl halides is 5. The number of hydrogen-bond donors (Lipinski definition) is 1. The van der Waals surface area contributed by atoms with Gasteiger partial charge in [0, 0.05) is 12.8 Å². The molecule has 2 aromatic rings. The van der Waals surface area contributed by atoms with Gasteiger partial charge in [0.2, 0.25) is 0 Å². The zero-order valence-corrected chi connectivity index (χ0v) is 18.7. The number of rotatable bonds is 5. The third kappa shape index (κ3) is 4.43. The summed E-state index contributed by atoms with van der Waals surface area (Å²) in [6.45, 7) is -0.0816. The summed E-state index contributed by atoms with van der Waals surface area (Å²) in [5.74, 6) is -0.490. The van der Waals surface area contributed by atoms with Gasteiger partial charge in [-0.05, 0) is 65.8 Å². The monoisotopic (exact) mass is 506 g/mol. The molecule has 1 atom stereocenters. The molecule has 0 aromatic heterocycles. The summed E-state index contributed by atoms with van der Waals surface area (Å²) in [7, 11) is 0. The summed E-state index contributed by atoms with van der Waals surface area (Å²) in [5.41, 5.74) is 1.50. The Morgan fingerprint density at radius 2 is 1.89 bits per heavy atom. The van der Waals surface area contributed by atoms with Crippen molar-refractivity contribution in [2.75, 3.05) is 6.61 Å². The molecule has 11 heteroatoms. The van der Waals surface area contributed by atoms with Gasteiger partial charge < -0.3 is 19.5 Å². The number of nitrogens with zero attached hydrogens (tertiary/aromatic N) is 1. The third-order valence-corrected chi connectivity index (χ3v) is 6.51. The first kappa shape index (κ1) is 23.9. The normalized spacial score (nSPS) is 21.8. The minimum atomic E-state index is -4.24. The highest BCUT2D eigenvalue weighted by molar-refractivity contribution is 6.07. The summed E-state index contributed by atoms with van der Waals surface area (Å²) in [6.07, 6.45) is -7.81. The fourth-order valence-corrected chi connectivity index (χ4v) is 4.94. The Bertz CT molecular complexity index is 1310. The molecule has 0 saturated heterocycles. The molecule has 2 aromatic carbocycles. The fourth-order valence-electron chi connectivity index (χ4n) is 4.94. The van der Waals surface area contributed by atoms with Crippen LogP contribution < -0.4 is 19.5 Å². The van der Waals surface area contributed by atoms with Crippen LogP contribution in [0.2, 0.25) is 0 Å². The molecular weight excluding hydrogens is 487 g/mol. The van der Waals surface area contributed by atoms with Crippen molar-refractivity contribution in [1.82, 2.24) is 5.32 Å². The smallest absolute Gasteiger partial charge is 0.494 e. The molecule has 6 nitrogen and oxygen atoms in total. The van der Waals surface area contributed by atoms with Crippen LogP contribution in [0.3, 0.4) is 0 Å². The second-order valence-electron chi connectivity index (χ2n) is 8.89. The lowest BCUT2D eigenvalue weighted by atomic mass is 9.78. The molecule has 2 heterocycles. The Kier molecular flexibility index (Phi) is 5.58. The van der Waals surface area contributed by atoms with E-state index in [0.717, 1.165) is 11.1 Å². The number of ether oxygens (including phenoxy) is 3. The molecule has 1 aliphatic carbocycles. The van der Waals surface area contributed by atoms with Crippen LogP contribution in [0.1, 0.15) is 42.4 Å². The minimum Gasteiger partial charge on any atom is -0.494 e. The van der Waals surface area contributed by atoms with Crippen molar-refractivity contribution in [3.63, 3.8) is 0 Å². The number of benzene rings is 2. The topological polar surface area (TPSA) is 80.6 Å². The van der Waals surface area contributed by atoms with Gasteiger partial charge in [0.1, 0.15) is 17.4 Å². The van der Waals surface area contributed by atoms with Crippen LogP contribution in [0, 0.1) is 11.3 Å². The number of hydrogen-bond acceptors (Lipinski definition) is 5. The van der Waals surface area contributed by atoms with E-state index in [1.165, 1.54) is 18.2 Å². The Balaban J connectivity index is 1.40. The van der Waals surface area contributed by atoms with Crippen LogP contribution in [0.4, 0.5) is 22.0 Å². The molecule has 1 unspecified atom stereocenters. The maximum atomic E-state index is 13.5. The van der Waals surface area contributed by atoms with E-state index in [0.29, 0.717) is 29.7 Å². The van der Waals surface area contributed by atoms with Crippen LogP contribution in [0.15, 0.2) is 42.0 Å². The number of carbonyl (C=O) groups excluding carboxylic acids is 1. The summed E-state index contributed by atoms with van der Waals surface area (Å²) < 4.78 is 78.4. The standard InChI is InChI=1S/C25H19F5N2O4/c26-24(27,28)7-1-9-34-16-3-4-19-15(10-16)6-8-23(19)12-17(18(13-31)22(33)32-23)14-2-5-20-21(11-14)36-25(29,30)35-20/h2-5,10-11H,1,6-9,12H2,(H,32,33). The van der Waals surface area contributed by atoms with Crippen LogP contribution in [-0.4, -0.2) is 25.0 Å². The van der Waals surface area contributed by atoms with Crippen molar-refractivity contribution >= 4 is 11.5 Å². The largest absolute Gasteiger partial charge is 0.586 e. The summed E-state index contributed by atoms with van der Waals surface area (Å²) in [6, 6.07) is 11.2. The molecule has 1 spiro atoms. The molecule has 5 rings (SSSR count). The van der Waals surface area contributed by atoms with Crippen molar-refractivity contribution in [2.45, 2.75) is 50.1 Å². The first-order chi connectivity index (χ1) is 17.0. The highest BCUT2D eigenvalue weighted by atomic mass is 19.4. The van der Waals surface area contributed by atoms with Crippen molar-refractivity contribution < 1.29 is 41.0 Å². The van der Waals surface area contributed by atoms with E-state index in [1.807, 2.05) is 6.07 Å². The molecule has 36 heavy (non-hydrogen) atoms. The Morgan fingerprint density at radius 1 is 1.11 bits per heavy atom. The second kappa shape index (κ2) is 8.40. The number of amides is 1. The maximum absolute atomic E-state index is 13.5. The van der Waals surface area contributed by atoms with Crippen LogP contribution in [-0.2, 0) is 16.8 Å². The molecule has 0 saturated carbocycles. The molecule has 1 amide bonds. The van der Waals surface area contributed by atoms with E-state index in [9.17, 15) is 32.0 Å². The number of halogens is 5. The Hall–Kier alpha value is -3.81. The van der Waals surface area contributed by atoms with Gasteiger partial charge in [-0.2, -0.15) is 18.4 Å². The highest BCUT2D eigenvalue weighted by Crippen LogP contribution is 2.49. The molecule has 0 radical (unpaired) electrons. The lowest BCUT2D eigenvalue weighted by molar-refractivity contribution is -0.286. The lowest BCUT2D eigenvalue weighted by Gasteiger charge is -2.37. The van der Waals surface area contributed by atoms with Crippen LogP contribution >= 0.6 is 0 Å². The predicted octanol–water partition coefficient (Wildman–Crippen LogP) is 5.37. The van der Waals surface area contributed by atoms with Gasteiger partial charge in [-0.1, -0.05) is 12.1 Å². The van der Waals surface area contributed by atoms with Crippen molar-refractivity contribution in [2.24, 2.45) is 0 Å². The van der Waals surface area contributed by atoms with Crippen LogP contribution in [0.25, 0.3) is 5.57 Å². The van der Waals surface area contributed by atoms with E-state index in [1.54, 1.807) is 18.2 Å². The molecule has 3 aliphatic rings. The van der Waals surface area contributed by atoms with Crippen LogP contribution in [0.5, 0.6) is 17.2 Å². The van der Waals surface area contributed by atoms with Gasteiger partial charge in [0.05, 0.1) is 12.1 Å². The number of nitrogens with one attached hydrogen (secondary N) is 1. The van der Waals surface area contributed by atoms with E-state index in [4.69, 9.17) is 4.74 Å². The van der Waals surface area contributed by atoms with E-state index >= 15 is 0 Å². The molecular formula is C25H19F5N2O4. The average Bonchev–Trinajstić information content (AvgIpc) is 3.30.